The zero-order valence-electron chi connectivity index (χ0n) is 19.3. The normalized spacial score (nSPS) is 16.0. The summed E-state index contributed by atoms with van der Waals surface area (Å²) in [5, 5.41) is 5.77. The number of halogens is 2. The topological polar surface area (TPSA) is 87.2 Å². The molecular weight excluding hydrogens is 452 g/mol. The van der Waals surface area contributed by atoms with Gasteiger partial charge in [-0.1, -0.05) is 18.2 Å². The number of fused-ring (bicyclic) bond motifs is 1. The molecule has 0 bridgehead atoms. The highest BCUT2D eigenvalue weighted by atomic mass is 19.1. The summed E-state index contributed by atoms with van der Waals surface area (Å²) in [6.07, 6.45) is 3.24. The molecule has 1 atom stereocenters. The Morgan fingerprint density at radius 3 is 2.37 bits per heavy atom. The monoisotopic (exact) mass is 477 g/mol. The molecule has 5 rings (SSSR count). The second-order valence-electron chi connectivity index (χ2n) is 8.85. The number of carbonyl (C=O) groups excluding carboxylic acids is 2. The Morgan fingerprint density at radius 1 is 1.00 bits per heavy atom. The van der Waals surface area contributed by atoms with E-state index in [0.29, 0.717) is 11.4 Å². The van der Waals surface area contributed by atoms with Crippen LogP contribution in [0.5, 0.6) is 0 Å². The summed E-state index contributed by atoms with van der Waals surface area (Å²) in [6.45, 7) is 3.64. The Labute approximate surface area is 201 Å². The maximum Gasteiger partial charge on any atom is 0.257 e. The minimum absolute atomic E-state index is 0.118. The molecule has 9 heteroatoms. The van der Waals surface area contributed by atoms with Crippen LogP contribution >= 0.6 is 0 Å². The number of carbonyl (C=O) groups is 2. The number of nitrogens with one attached hydrogen (secondary N) is 2. The van der Waals surface area contributed by atoms with Crippen LogP contribution in [0.4, 0.5) is 20.3 Å². The first kappa shape index (κ1) is 22.9. The first-order chi connectivity index (χ1) is 16.9. The summed E-state index contributed by atoms with van der Waals surface area (Å²) in [5.41, 5.74) is 1.75. The van der Waals surface area contributed by atoms with Crippen LogP contribution in [-0.2, 0) is 11.3 Å². The van der Waals surface area contributed by atoms with Gasteiger partial charge in [0, 0.05) is 18.8 Å². The molecule has 1 saturated heterocycles. The molecule has 0 aliphatic carbocycles. The van der Waals surface area contributed by atoms with E-state index < -0.39 is 11.6 Å². The van der Waals surface area contributed by atoms with Crippen LogP contribution in [0.3, 0.4) is 0 Å². The van der Waals surface area contributed by atoms with Crippen LogP contribution in [0.1, 0.15) is 53.7 Å². The van der Waals surface area contributed by atoms with Crippen LogP contribution in [0, 0.1) is 11.6 Å². The minimum atomic E-state index is -0.787. The lowest BCUT2D eigenvalue weighted by Crippen LogP contribution is -2.38. The summed E-state index contributed by atoms with van der Waals surface area (Å²) in [5.74, 6) is -2.07. The molecule has 2 amide bonds. The van der Waals surface area contributed by atoms with Gasteiger partial charge in [0.05, 0.1) is 23.7 Å². The number of piperidine rings is 1. The molecule has 2 N–H and O–H groups in total. The number of benzene rings is 2. The van der Waals surface area contributed by atoms with Crippen molar-refractivity contribution in [2.75, 3.05) is 18.4 Å². The molecule has 1 fully saturated rings. The largest absolute Gasteiger partial charge is 0.346 e. The van der Waals surface area contributed by atoms with Crippen molar-refractivity contribution in [1.29, 1.82) is 0 Å². The van der Waals surface area contributed by atoms with Crippen molar-refractivity contribution in [2.45, 2.75) is 38.6 Å². The van der Waals surface area contributed by atoms with Gasteiger partial charge in [-0.2, -0.15) is 0 Å². The van der Waals surface area contributed by atoms with Crippen LogP contribution in [0.15, 0.2) is 42.5 Å². The summed E-state index contributed by atoms with van der Waals surface area (Å²) < 4.78 is 28.8. The third kappa shape index (κ3) is 4.45. The number of aromatic nitrogens is 2. The van der Waals surface area contributed by atoms with Gasteiger partial charge in [0.1, 0.15) is 23.0 Å². The lowest BCUT2D eigenvalue weighted by atomic mass is 9.98. The zero-order chi connectivity index (χ0) is 24.5. The Morgan fingerprint density at radius 2 is 1.69 bits per heavy atom. The van der Waals surface area contributed by atoms with Gasteiger partial charge in [-0.25, -0.2) is 18.7 Å². The summed E-state index contributed by atoms with van der Waals surface area (Å²) in [4.78, 5) is 35.7. The fourth-order valence-electron chi connectivity index (χ4n) is 4.56. The smallest absolute Gasteiger partial charge is 0.257 e. The summed E-state index contributed by atoms with van der Waals surface area (Å²) in [7, 11) is 0. The van der Waals surface area contributed by atoms with E-state index >= 15 is 0 Å². The van der Waals surface area contributed by atoms with Crippen molar-refractivity contribution in [3.63, 3.8) is 0 Å². The fourth-order valence-corrected chi connectivity index (χ4v) is 4.56. The zero-order valence-corrected chi connectivity index (χ0v) is 19.3. The molecule has 7 nitrogen and oxygen atoms in total. The van der Waals surface area contributed by atoms with Crippen LogP contribution in [-0.4, -0.2) is 39.8 Å². The highest BCUT2D eigenvalue weighted by Crippen LogP contribution is 2.31. The number of hydrogen-bond acceptors (Lipinski definition) is 5. The molecule has 0 radical (unpaired) electrons. The molecule has 3 heterocycles. The molecule has 35 heavy (non-hydrogen) atoms. The van der Waals surface area contributed by atoms with Gasteiger partial charge in [-0.05, 0) is 56.0 Å². The number of amides is 2. The van der Waals surface area contributed by atoms with Crippen LogP contribution in [0.25, 0.3) is 11.4 Å². The van der Waals surface area contributed by atoms with Gasteiger partial charge in [0.15, 0.2) is 5.82 Å². The second kappa shape index (κ2) is 9.40. The van der Waals surface area contributed by atoms with Crippen LogP contribution in [0.2, 0.25) is 0 Å². The first-order valence-electron chi connectivity index (χ1n) is 11.7. The molecule has 180 valence electrons. The van der Waals surface area contributed by atoms with E-state index in [1.54, 1.807) is 12.1 Å². The highest BCUT2D eigenvalue weighted by molar-refractivity contribution is 6.03. The van der Waals surface area contributed by atoms with E-state index in [9.17, 15) is 18.4 Å². The second-order valence-corrected chi connectivity index (χ2v) is 8.85. The fraction of sp³-hybridized carbons (Fsp3) is 0.308. The molecule has 0 saturated carbocycles. The van der Waals surface area contributed by atoms with Crippen LogP contribution < -0.4 is 10.6 Å². The van der Waals surface area contributed by atoms with E-state index in [0.717, 1.165) is 50.0 Å². The van der Waals surface area contributed by atoms with E-state index in [2.05, 4.69) is 20.6 Å². The van der Waals surface area contributed by atoms with E-state index in [1.165, 1.54) is 6.07 Å². The molecule has 2 aliphatic rings. The van der Waals surface area contributed by atoms with Crippen molar-refractivity contribution in [1.82, 2.24) is 20.2 Å². The van der Waals surface area contributed by atoms with Crippen molar-refractivity contribution in [3.8, 4) is 11.4 Å². The molecular formula is C26H25F2N5O2. The van der Waals surface area contributed by atoms with Gasteiger partial charge in [0.25, 0.3) is 5.91 Å². The number of rotatable bonds is 5. The predicted molar refractivity (Wildman–Crippen MR) is 127 cm³/mol. The van der Waals surface area contributed by atoms with E-state index in [4.69, 9.17) is 0 Å². The van der Waals surface area contributed by atoms with Gasteiger partial charge < -0.3 is 15.5 Å². The van der Waals surface area contributed by atoms with Gasteiger partial charge in [-0.15, -0.1) is 0 Å². The van der Waals surface area contributed by atoms with Crippen molar-refractivity contribution in [2.24, 2.45) is 0 Å². The maximum atomic E-state index is 14.4. The third-order valence-corrected chi connectivity index (χ3v) is 6.53. The summed E-state index contributed by atoms with van der Waals surface area (Å²) >= 11 is 0. The average molecular weight is 478 g/mol. The SMILES string of the molecule is C[C@@H](C(=O)N1CCCCC1)c1ccc(Nc2nc(-c3c(F)cccc3F)nc3c2C(=O)NC3)cc1. The Kier molecular flexibility index (Phi) is 6.15. The van der Waals surface area contributed by atoms with Crippen molar-refractivity contribution in [3.05, 3.63) is 70.9 Å². The molecule has 2 aromatic carbocycles. The molecule has 2 aliphatic heterocycles. The average Bonchev–Trinajstić information content (AvgIpc) is 3.25. The molecule has 0 unspecified atom stereocenters. The van der Waals surface area contributed by atoms with Crippen molar-refractivity contribution < 1.29 is 18.4 Å². The lowest BCUT2D eigenvalue weighted by Gasteiger charge is -2.29. The van der Waals surface area contributed by atoms with E-state index in [-0.39, 0.29) is 47.0 Å². The molecule has 3 aromatic rings. The number of likely N-dealkylation sites (tertiary alicyclic amines) is 1. The number of hydrogen-bond donors (Lipinski definition) is 2. The predicted octanol–water partition coefficient (Wildman–Crippen LogP) is 4.52. The Bertz CT molecular complexity index is 1270. The summed E-state index contributed by atoms with van der Waals surface area (Å²) in [6, 6.07) is 10.8. The number of nitrogens with zero attached hydrogens (tertiary/aromatic N) is 3. The molecule has 0 spiro atoms. The Hall–Kier alpha value is -3.88. The number of anilines is 2. The third-order valence-electron chi connectivity index (χ3n) is 6.53. The van der Waals surface area contributed by atoms with Gasteiger partial charge in [0.2, 0.25) is 5.91 Å². The Balaban J connectivity index is 1.42. The van der Waals surface area contributed by atoms with Gasteiger partial charge in [-0.3, -0.25) is 9.59 Å². The lowest BCUT2D eigenvalue weighted by molar-refractivity contribution is -0.133. The van der Waals surface area contributed by atoms with Gasteiger partial charge >= 0.3 is 0 Å². The standard InChI is InChI=1S/C26H25F2N5O2/c1-15(26(35)33-12-3-2-4-13-33)16-8-10-17(11-9-16)30-24-22-20(14-29-25(22)34)31-23(32-24)21-18(27)6-5-7-19(21)28/h5-11,15H,2-4,12-14H2,1H3,(H,29,34)(H,30,31,32)/t15-/m1/s1. The maximum absolute atomic E-state index is 14.4. The van der Waals surface area contributed by atoms with Crippen molar-refractivity contribution >= 4 is 23.3 Å². The first-order valence-corrected chi connectivity index (χ1v) is 11.7. The minimum Gasteiger partial charge on any atom is -0.346 e. The highest BCUT2D eigenvalue weighted by Gasteiger charge is 2.28. The quantitative estimate of drug-likeness (QED) is 0.564. The van der Waals surface area contributed by atoms with E-state index in [1.807, 2.05) is 24.0 Å². The molecule has 1 aromatic heterocycles.